The van der Waals surface area contributed by atoms with Gasteiger partial charge in [0.1, 0.15) is 5.76 Å². The molecule has 18 heavy (non-hydrogen) atoms. The van der Waals surface area contributed by atoms with Crippen molar-refractivity contribution in [3.05, 3.63) is 24.2 Å². The van der Waals surface area contributed by atoms with E-state index in [-0.39, 0.29) is 5.91 Å². The second kappa shape index (κ2) is 6.05. The normalized spacial score (nSPS) is 24.2. The van der Waals surface area contributed by atoms with E-state index in [0.717, 1.165) is 18.8 Å². The van der Waals surface area contributed by atoms with Crippen molar-refractivity contribution < 1.29 is 9.21 Å². The van der Waals surface area contributed by atoms with Crippen molar-refractivity contribution in [3.63, 3.8) is 0 Å². The van der Waals surface area contributed by atoms with Crippen molar-refractivity contribution >= 4 is 5.91 Å². The summed E-state index contributed by atoms with van der Waals surface area (Å²) in [7, 11) is 0. The molecule has 1 amide bonds. The predicted molar refractivity (Wildman–Crippen MR) is 69.9 cm³/mol. The molecular formula is C14H22N2O2. The summed E-state index contributed by atoms with van der Waals surface area (Å²) in [5, 5.41) is 3.13. The number of rotatable bonds is 4. The molecule has 0 radical (unpaired) electrons. The molecule has 1 saturated heterocycles. The molecule has 2 atom stereocenters. The van der Waals surface area contributed by atoms with Crippen LogP contribution in [-0.4, -0.2) is 30.4 Å². The lowest BCUT2D eigenvalue weighted by molar-refractivity contribution is -0.132. The van der Waals surface area contributed by atoms with Crippen LogP contribution in [0.2, 0.25) is 0 Å². The van der Waals surface area contributed by atoms with Gasteiger partial charge >= 0.3 is 0 Å². The molecule has 1 aliphatic heterocycles. The first-order chi connectivity index (χ1) is 8.65. The smallest absolute Gasteiger partial charge is 0.236 e. The van der Waals surface area contributed by atoms with Gasteiger partial charge in [-0.05, 0) is 30.4 Å². The third-order valence-corrected chi connectivity index (χ3v) is 3.38. The molecule has 2 unspecified atom stereocenters. The van der Waals surface area contributed by atoms with Gasteiger partial charge in [-0.25, -0.2) is 0 Å². The maximum absolute atomic E-state index is 12.1. The Morgan fingerprint density at radius 2 is 2.17 bits per heavy atom. The lowest BCUT2D eigenvalue weighted by Gasteiger charge is -2.35. The van der Waals surface area contributed by atoms with Crippen LogP contribution >= 0.6 is 0 Å². The monoisotopic (exact) mass is 250 g/mol. The van der Waals surface area contributed by atoms with Crippen molar-refractivity contribution in [1.82, 2.24) is 10.2 Å². The number of nitrogens with zero attached hydrogens (tertiary/aromatic N) is 1. The Balaban J connectivity index is 1.74. The molecule has 0 spiro atoms. The van der Waals surface area contributed by atoms with Crippen LogP contribution in [0.15, 0.2) is 22.8 Å². The summed E-state index contributed by atoms with van der Waals surface area (Å²) in [6.07, 6.45) is 2.87. The first-order valence-corrected chi connectivity index (χ1v) is 6.66. The Hall–Kier alpha value is -1.29. The Bertz CT molecular complexity index is 365. The van der Waals surface area contributed by atoms with Crippen LogP contribution in [0.5, 0.6) is 0 Å². The molecule has 4 nitrogen and oxygen atoms in total. The largest absolute Gasteiger partial charge is 0.468 e. The van der Waals surface area contributed by atoms with Gasteiger partial charge in [0, 0.05) is 13.1 Å². The minimum absolute atomic E-state index is 0.194. The summed E-state index contributed by atoms with van der Waals surface area (Å²) >= 11 is 0. The molecule has 1 aromatic heterocycles. The molecule has 2 rings (SSSR count). The topological polar surface area (TPSA) is 45.5 Å². The van der Waals surface area contributed by atoms with Crippen LogP contribution < -0.4 is 5.32 Å². The Labute approximate surface area is 108 Å². The lowest BCUT2D eigenvalue weighted by Crippen LogP contribution is -2.45. The third-order valence-electron chi connectivity index (χ3n) is 3.38. The van der Waals surface area contributed by atoms with Crippen molar-refractivity contribution in [2.45, 2.75) is 26.8 Å². The van der Waals surface area contributed by atoms with E-state index in [4.69, 9.17) is 4.42 Å². The van der Waals surface area contributed by atoms with Gasteiger partial charge in [0.05, 0.1) is 19.4 Å². The Kier molecular flexibility index (Phi) is 4.42. The zero-order valence-electron chi connectivity index (χ0n) is 11.2. The molecule has 0 bridgehead atoms. The molecular weight excluding hydrogens is 228 g/mol. The molecule has 0 aliphatic carbocycles. The van der Waals surface area contributed by atoms with Gasteiger partial charge < -0.3 is 14.6 Å². The summed E-state index contributed by atoms with van der Waals surface area (Å²) in [4.78, 5) is 14.0. The Morgan fingerprint density at radius 3 is 2.78 bits per heavy atom. The summed E-state index contributed by atoms with van der Waals surface area (Å²) in [5.74, 6) is 2.29. The standard InChI is InChI=1S/C14H22N2O2/c1-11-6-12(2)10-16(9-11)14(17)8-15-7-13-4-3-5-18-13/h3-5,11-12,15H,6-10H2,1-2H3. The minimum Gasteiger partial charge on any atom is -0.468 e. The van der Waals surface area contributed by atoms with E-state index in [0.29, 0.717) is 24.9 Å². The average Bonchev–Trinajstić information content (AvgIpc) is 2.80. The number of carbonyl (C=O) groups excluding carboxylic acids is 1. The van der Waals surface area contributed by atoms with Crippen molar-refractivity contribution in [3.8, 4) is 0 Å². The number of amides is 1. The summed E-state index contributed by atoms with van der Waals surface area (Å²) in [6.45, 7) is 7.22. The van der Waals surface area contributed by atoms with Crippen LogP contribution in [0.1, 0.15) is 26.0 Å². The maximum atomic E-state index is 12.1. The zero-order valence-corrected chi connectivity index (χ0v) is 11.2. The quantitative estimate of drug-likeness (QED) is 0.887. The molecule has 1 aliphatic rings. The fourth-order valence-corrected chi connectivity index (χ4v) is 2.68. The van der Waals surface area contributed by atoms with Crippen molar-refractivity contribution in [2.24, 2.45) is 11.8 Å². The molecule has 0 saturated carbocycles. The fraction of sp³-hybridized carbons (Fsp3) is 0.643. The molecule has 1 fully saturated rings. The van der Waals surface area contributed by atoms with Crippen LogP contribution in [0, 0.1) is 11.8 Å². The van der Waals surface area contributed by atoms with E-state index in [9.17, 15) is 4.79 Å². The molecule has 0 aromatic carbocycles. The number of furan rings is 1. The summed E-state index contributed by atoms with van der Waals surface area (Å²) in [5.41, 5.74) is 0. The highest BCUT2D eigenvalue weighted by Crippen LogP contribution is 2.20. The minimum atomic E-state index is 0.194. The molecule has 100 valence electrons. The predicted octanol–water partition coefficient (Wildman–Crippen LogP) is 1.87. The second-order valence-corrected chi connectivity index (χ2v) is 5.43. The van der Waals surface area contributed by atoms with Gasteiger partial charge in [0.25, 0.3) is 0 Å². The van der Waals surface area contributed by atoms with Crippen LogP contribution in [0.4, 0.5) is 0 Å². The molecule has 1 aromatic rings. The van der Waals surface area contributed by atoms with Crippen molar-refractivity contribution in [1.29, 1.82) is 0 Å². The van der Waals surface area contributed by atoms with E-state index in [2.05, 4.69) is 19.2 Å². The number of piperidine rings is 1. The molecule has 1 N–H and O–H groups in total. The highest BCUT2D eigenvalue weighted by Gasteiger charge is 2.24. The average molecular weight is 250 g/mol. The number of nitrogens with one attached hydrogen (secondary N) is 1. The zero-order chi connectivity index (χ0) is 13.0. The SMILES string of the molecule is CC1CC(C)CN(C(=O)CNCc2ccco2)C1. The second-order valence-electron chi connectivity index (χ2n) is 5.43. The van der Waals surface area contributed by atoms with E-state index in [1.807, 2.05) is 17.0 Å². The fourth-order valence-electron chi connectivity index (χ4n) is 2.68. The van der Waals surface area contributed by atoms with E-state index < -0.39 is 0 Å². The highest BCUT2D eigenvalue weighted by molar-refractivity contribution is 5.78. The van der Waals surface area contributed by atoms with E-state index in [1.54, 1.807) is 6.26 Å². The number of likely N-dealkylation sites (tertiary alicyclic amines) is 1. The number of hydrogen-bond donors (Lipinski definition) is 1. The highest BCUT2D eigenvalue weighted by atomic mass is 16.3. The van der Waals surface area contributed by atoms with Gasteiger partial charge in [-0.2, -0.15) is 0 Å². The van der Waals surface area contributed by atoms with Gasteiger partial charge in [-0.1, -0.05) is 13.8 Å². The third kappa shape index (κ3) is 3.60. The lowest BCUT2D eigenvalue weighted by atomic mass is 9.92. The van der Waals surface area contributed by atoms with Gasteiger partial charge in [0.2, 0.25) is 5.91 Å². The van der Waals surface area contributed by atoms with Crippen molar-refractivity contribution in [2.75, 3.05) is 19.6 Å². The summed E-state index contributed by atoms with van der Waals surface area (Å²) in [6, 6.07) is 3.76. The first kappa shape index (κ1) is 13.1. The number of carbonyl (C=O) groups is 1. The Morgan fingerprint density at radius 1 is 1.44 bits per heavy atom. The molecule has 4 heteroatoms. The van der Waals surface area contributed by atoms with Crippen LogP contribution in [-0.2, 0) is 11.3 Å². The summed E-state index contributed by atoms with van der Waals surface area (Å²) < 4.78 is 5.21. The number of hydrogen-bond acceptors (Lipinski definition) is 3. The van der Waals surface area contributed by atoms with Crippen LogP contribution in [0.3, 0.4) is 0 Å². The first-order valence-electron chi connectivity index (χ1n) is 6.66. The van der Waals surface area contributed by atoms with E-state index in [1.165, 1.54) is 6.42 Å². The van der Waals surface area contributed by atoms with Gasteiger partial charge in [0.15, 0.2) is 0 Å². The maximum Gasteiger partial charge on any atom is 0.236 e. The molecule has 2 heterocycles. The van der Waals surface area contributed by atoms with Gasteiger partial charge in [-0.3, -0.25) is 4.79 Å². The van der Waals surface area contributed by atoms with Crippen LogP contribution in [0.25, 0.3) is 0 Å². The van der Waals surface area contributed by atoms with E-state index >= 15 is 0 Å². The van der Waals surface area contributed by atoms with Gasteiger partial charge in [-0.15, -0.1) is 0 Å².